The number of amides is 2. The summed E-state index contributed by atoms with van der Waals surface area (Å²) in [4.78, 5) is 49.3. The van der Waals surface area contributed by atoms with Crippen molar-refractivity contribution in [1.82, 2.24) is 0 Å². The number of carbonyl (C=O) groups is 4. The minimum Gasteiger partial charge on any atom is -0.462 e. The number of anilines is 1. The van der Waals surface area contributed by atoms with Crippen molar-refractivity contribution in [3.05, 3.63) is 29.8 Å². The molecule has 9 heteroatoms. The van der Waals surface area contributed by atoms with Crippen LogP contribution in [0.3, 0.4) is 0 Å². The van der Waals surface area contributed by atoms with E-state index < -0.39 is 23.2 Å². The highest BCUT2D eigenvalue weighted by Crippen LogP contribution is 2.30. The number of esters is 2. The van der Waals surface area contributed by atoms with E-state index in [-0.39, 0.29) is 37.2 Å². The largest absolute Gasteiger partial charge is 0.462 e. The fourth-order valence-electron chi connectivity index (χ4n) is 2.53. The topological polar surface area (TPSA) is 118 Å². The SMILES string of the molecule is CCOC(=O)c1ccc(N2C(=O)C[C@@H](SC[C@@H]([NH3+])C(=O)OCC)C2=O)cc1. The Labute approximate surface area is 161 Å². The van der Waals surface area contributed by atoms with Crippen molar-refractivity contribution in [3.63, 3.8) is 0 Å². The first kappa shape index (κ1) is 20.9. The van der Waals surface area contributed by atoms with E-state index in [1.54, 1.807) is 13.8 Å². The van der Waals surface area contributed by atoms with Gasteiger partial charge < -0.3 is 15.2 Å². The summed E-state index contributed by atoms with van der Waals surface area (Å²) >= 11 is 1.22. The predicted molar refractivity (Wildman–Crippen MR) is 99.1 cm³/mol. The smallest absolute Gasteiger partial charge is 0.365 e. The van der Waals surface area contributed by atoms with E-state index in [9.17, 15) is 19.2 Å². The normalized spacial score (nSPS) is 17.7. The lowest BCUT2D eigenvalue weighted by atomic mass is 10.2. The van der Waals surface area contributed by atoms with Gasteiger partial charge >= 0.3 is 11.9 Å². The molecule has 0 saturated carbocycles. The molecule has 2 amide bonds. The number of benzene rings is 1. The molecule has 2 rings (SSSR count). The summed E-state index contributed by atoms with van der Waals surface area (Å²) in [6.45, 7) is 3.96. The van der Waals surface area contributed by atoms with Crippen LogP contribution in [-0.2, 0) is 23.9 Å². The zero-order valence-electron chi connectivity index (χ0n) is 15.3. The van der Waals surface area contributed by atoms with E-state index in [4.69, 9.17) is 9.47 Å². The summed E-state index contributed by atoms with van der Waals surface area (Å²) < 4.78 is 9.80. The predicted octanol–water partition coefficient (Wildman–Crippen LogP) is 0.402. The molecule has 0 aromatic heterocycles. The summed E-state index contributed by atoms with van der Waals surface area (Å²) in [5, 5.41) is -0.569. The van der Waals surface area contributed by atoms with Gasteiger partial charge in [-0.3, -0.25) is 9.59 Å². The van der Waals surface area contributed by atoms with Crippen molar-refractivity contribution in [3.8, 4) is 0 Å². The van der Waals surface area contributed by atoms with Crippen LogP contribution in [0.1, 0.15) is 30.6 Å². The zero-order valence-corrected chi connectivity index (χ0v) is 16.1. The lowest BCUT2D eigenvalue weighted by molar-refractivity contribution is -0.401. The van der Waals surface area contributed by atoms with Gasteiger partial charge in [0, 0.05) is 6.42 Å². The molecule has 3 N–H and O–H groups in total. The van der Waals surface area contributed by atoms with E-state index >= 15 is 0 Å². The molecular weight excluding hydrogens is 372 g/mol. The Hall–Kier alpha value is -2.39. The maximum absolute atomic E-state index is 12.6. The molecule has 0 bridgehead atoms. The minimum atomic E-state index is -0.601. The molecule has 1 aliphatic heterocycles. The lowest BCUT2D eigenvalue weighted by Crippen LogP contribution is -2.66. The number of quaternary nitrogens is 1. The highest BCUT2D eigenvalue weighted by atomic mass is 32.2. The van der Waals surface area contributed by atoms with Gasteiger partial charge in [0.05, 0.1) is 35.5 Å². The van der Waals surface area contributed by atoms with Gasteiger partial charge in [-0.1, -0.05) is 0 Å². The number of carbonyl (C=O) groups excluding carboxylic acids is 4. The molecule has 0 radical (unpaired) electrons. The third-order valence-corrected chi connectivity index (χ3v) is 5.23. The molecule has 0 aliphatic carbocycles. The highest BCUT2D eigenvalue weighted by molar-refractivity contribution is 8.00. The molecule has 146 valence electrons. The van der Waals surface area contributed by atoms with E-state index in [1.807, 2.05) is 0 Å². The number of ether oxygens (including phenoxy) is 2. The second kappa shape index (κ2) is 9.52. The van der Waals surface area contributed by atoms with Crippen molar-refractivity contribution in [1.29, 1.82) is 0 Å². The van der Waals surface area contributed by atoms with Crippen molar-refractivity contribution in [2.24, 2.45) is 0 Å². The van der Waals surface area contributed by atoms with Gasteiger partial charge in [-0.15, -0.1) is 11.8 Å². The van der Waals surface area contributed by atoms with Crippen molar-refractivity contribution >= 4 is 41.2 Å². The Morgan fingerprint density at radius 1 is 1.19 bits per heavy atom. The average Bonchev–Trinajstić information content (AvgIpc) is 2.93. The Balaban J connectivity index is 2.01. The molecule has 1 aromatic carbocycles. The van der Waals surface area contributed by atoms with Gasteiger partial charge in [0.1, 0.15) is 0 Å². The summed E-state index contributed by atoms with van der Waals surface area (Å²) in [6.07, 6.45) is 0.0542. The lowest BCUT2D eigenvalue weighted by Gasteiger charge is -2.15. The molecular formula is C18H23N2O6S+. The van der Waals surface area contributed by atoms with Crippen LogP contribution in [0.5, 0.6) is 0 Å². The van der Waals surface area contributed by atoms with Gasteiger partial charge in [-0.25, -0.2) is 14.5 Å². The summed E-state index contributed by atoms with van der Waals surface area (Å²) in [6, 6.07) is 5.51. The van der Waals surface area contributed by atoms with Crippen LogP contribution in [0.25, 0.3) is 0 Å². The molecule has 1 saturated heterocycles. The van der Waals surface area contributed by atoms with E-state index in [2.05, 4.69) is 5.73 Å². The fourth-order valence-corrected chi connectivity index (χ4v) is 3.64. The van der Waals surface area contributed by atoms with Gasteiger partial charge in [-0.2, -0.15) is 0 Å². The van der Waals surface area contributed by atoms with Crippen LogP contribution >= 0.6 is 11.8 Å². The van der Waals surface area contributed by atoms with E-state index in [0.29, 0.717) is 11.3 Å². The van der Waals surface area contributed by atoms with Crippen LogP contribution in [-0.4, -0.2) is 54.0 Å². The van der Waals surface area contributed by atoms with Crippen LogP contribution < -0.4 is 10.6 Å². The molecule has 8 nitrogen and oxygen atoms in total. The van der Waals surface area contributed by atoms with Crippen LogP contribution in [0, 0.1) is 0 Å². The number of nitrogens with zero attached hydrogens (tertiary/aromatic N) is 1. The first-order valence-electron chi connectivity index (χ1n) is 8.64. The van der Waals surface area contributed by atoms with Crippen LogP contribution in [0.4, 0.5) is 5.69 Å². The molecule has 0 unspecified atom stereocenters. The monoisotopic (exact) mass is 395 g/mol. The first-order valence-corrected chi connectivity index (χ1v) is 9.69. The Kier molecular flexibility index (Phi) is 7.37. The quantitative estimate of drug-likeness (QED) is 0.500. The Bertz CT molecular complexity index is 721. The van der Waals surface area contributed by atoms with Gasteiger partial charge in [0.2, 0.25) is 11.8 Å². The number of imide groups is 1. The van der Waals surface area contributed by atoms with Crippen LogP contribution in [0.15, 0.2) is 24.3 Å². The molecule has 1 fully saturated rings. The second-order valence-corrected chi connectivity index (χ2v) is 7.05. The number of hydrogen-bond acceptors (Lipinski definition) is 7. The maximum atomic E-state index is 12.6. The third-order valence-electron chi connectivity index (χ3n) is 3.86. The molecule has 1 heterocycles. The molecule has 0 spiro atoms. The summed E-state index contributed by atoms with van der Waals surface area (Å²) in [5.41, 5.74) is 4.48. The van der Waals surface area contributed by atoms with Crippen molar-refractivity contribution in [2.75, 3.05) is 23.9 Å². The number of rotatable bonds is 8. The Morgan fingerprint density at radius 3 is 2.41 bits per heavy atom. The summed E-state index contributed by atoms with van der Waals surface area (Å²) in [7, 11) is 0. The number of hydrogen-bond donors (Lipinski definition) is 1. The third kappa shape index (κ3) is 5.08. The van der Waals surface area contributed by atoms with Crippen LogP contribution in [0.2, 0.25) is 0 Å². The molecule has 27 heavy (non-hydrogen) atoms. The average molecular weight is 395 g/mol. The Morgan fingerprint density at radius 2 is 1.81 bits per heavy atom. The molecule has 1 aromatic rings. The zero-order chi connectivity index (χ0) is 20.0. The molecule has 1 aliphatic rings. The standard InChI is InChI=1S/C18H22N2O6S/c1-3-25-17(23)11-5-7-12(8-6-11)20-15(21)9-14(16(20)22)27-10-13(19)18(24)26-4-2/h5-8,13-14H,3-4,9-10,19H2,1-2H3/p+1/t13-,14-/m1/s1. The van der Waals surface area contributed by atoms with Crippen molar-refractivity contribution < 1.29 is 34.4 Å². The molecule has 2 atom stereocenters. The van der Waals surface area contributed by atoms with Gasteiger partial charge in [0.15, 0.2) is 6.04 Å². The fraction of sp³-hybridized carbons (Fsp3) is 0.444. The first-order chi connectivity index (χ1) is 12.9. The van der Waals surface area contributed by atoms with Gasteiger partial charge in [0.25, 0.3) is 0 Å². The van der Waals surface area contributed by atoms with E-state index in [0.717, 1.165) is 4.90 Å². The highest BCUT2D eigenvalue weighted by Gasteiger charge is 2.40. The summed E-state index contributed by atoms with van der Waals surface area (Å²) in [5.74, 6) is -1.26. The van der Waals surface area contributed by atoms with Gasteiger partial charge in [-0.05, 0) is 38.1 Å². The maximum Gasteiger partial charge on any atom is 0.365 e. The van der Waals surface area contributed by atoms with E-state index in [1.165, 1.54) is 36.0 Å². The van der Waals surface area contributed by atoms with Crippen molar-refractivity contribution in [2.45, 2.75) is 31.6 Å². The minimum absolute atomic E-state index is 0.0542. The second-order valence-electron chi connectivity index (χ2n) is 5.81. The number of thioether (sulfide) groups is 1.